The maximum absolute atomic E-state index is 13.9. The first-order valence-electron chi connectivity index (χ1n) is 11.6. The van der Waals surface area contributed by atoms with Crippen molar-refractivity contribution in [1.29, 1.82) is 0 Å². The summed E-state index contributed by atoms with van der Waals surface area (Å²) in [6.07, 6.45) is 2.51. The number of esters is 1. The Morgan fingerprint density at radius 3 is 2.62 bits per heavy atom. The van der Waals surface area contributed by atoms with Crippen molar-refractivity contribution < 1.29 is 23.7 Å². The molecule has 3 aromatic rings. The molecule has 1 atom stereocenters. The maximum atomic E-state index is 13.9. The highest BCUT2D eigenvalue weighted by Crippen LogP contribution is 2.37. The summed E-state index contributed by atoms with van der Waals surface area (Å²) in [5.41, 5.74) is 1.60. The van der Waals surface area contributed by atoms with E-state index in [-0.39, 0.29) is 11.1 Å². The van der Waals surface area contributed by atoms with Gasteiger partial charge in [-0.15, -0.1) is 0 Å². The van der Waals surface area contributed by atoms with E-state index in [1.165, 1.54) is 23.0 Å². The molecule has 0 spiro atoms. The molecule has 0 saturated heterocycles. The molecule has 2 heterocycles. The molecule has 1 aromatic heterocycles. The standard InChI is InChI=1S/C27H27ClN2O6S/c1-6-12-36-19-11-10-17(28)14-18(19)23-22(26(32)35-5)15(2)29-27-30(23)25(31)21(37-27)13-16-8-7-9-20(33-3)24(16)34-4/h7-11,13-14,23H,6,12H2,1-5H3/b21-13-/t23-/m0/s1. The fraction of sp³-hybridized carbons (Fsp3) is 0.296. The number of carbonyl (C=O) groups is 1. The Balaban J connectivity index is 2.01. The van der Waals surface area contributed by atoms with E-state index in [2.05, 4.69) is 4.99 Å². The van der Waals surface area contributed by atoms with Crippen molar-refractivity contribution in [3.8, 4) is 17.2 Å². The van der Waals surface area contributed by atoms with Gasteiger partial charge in [-0.1, -0.05) is 42.0 Å². The average molecular weight is 543 g/mol. The zero-order chi connectivity index (χ0) is 26.7. The van der Waals surface area contributed by atoms with Crippen LogP contribution in [0.1, 0.15) is 37.4 Å². The van der Waals surface area contributed by atoms with Crippen molar-refractivity contribution in [2.45, 2.75) is 26.3 Å². The number of halogens is 1. The van der Waals surface area contributed by atoms with E-state index < -0.39 is 12.0 Å². The quantitative estimate of drug-likeness (QED) is 0.402. The zero-order valence-electron chi connectivity index (χ0n) is 21.2. The van der Waals surface area contributed by atoms with Gasteiger partial charge in [-0.05, 0) is 43.7 Å². The van der Waals surface area contributed by atoms with Crippen LogP contribution < -0.4 is 29.1 Å². The van der Waals surface area contributed by atoms with Gasteiger partial charge in [-0.3, -0.25) is 9.36 Å². The van der Waals surface area contributed by atoms with Crippen molar-refractivity contribution >= 4 is 35.0 Å². The maximum Gasteiger partial charge on any atom is 0.338 e. The first-order valence-corrected chi connectivity index (χ1v) is 12.8. The second-order valence-corrected chi connectivity index (χ2v) is 9.63. The third-order valence-corrected chi connectivity index (χ3v) is 7.09. The van der Waals surface area contributed by atoms with Crippen LogP contribution in [0.2, 0.25) is 5.02 Å². The minimum absolute atomic E-state index is 0.240. The van der Waals surface area contributed by atoms with Gasteiger partial charge in [0.1, 0.15) is 11.8 Å². The molecule has 0 saturated carbocycles. The summed E-state index contributed by atoms with van der Waals surface area (Å²) in [7, 11) is 4.39. The van der Waals surface area contributed by atoms with E-state index in [1.54, 1.807) is 51.5 Å². The lowest BCUT2D eigenvalue weighted by molar-refractivity contribution is -0.136. The number of rotatable bonds is 8. The average Bonchev–Trinajstić information content (AvgIpc) is 3.20. The van der Waals surface area contributed by atoms with Gasteiger partial charge < -0.3 is 18.9 Å². The Labute approximate surface area is 223 Å². The zero-order valence-corrected chi connectivity index (χ0v) is 22.7. The van der Waals surface area contributed by atoms with Crippen LogP contribution in [-0.4, -0.2) is 38.5 Å². The highest BCUT2D eigenvalue weighted by molar-refractivity contribution is 7.07. The third kappa shape index (κ3) is 5.01. The lowest BCUT2D eigenvalue weighted by Crippen LogP contribution is -2.40. The number of fused-ring (bicyclic) bond motifs is 1. The van der Waals surface area contributed by atoms with Crippen LogP contribution in [-0.2, 0) is 9.53 Å². The molecule has 0 aliphatic carbocycles. The number of hydrogen-bond donors (Lipinski definition) is 0. The van der Waals surface area contributed by atoms with Crippen LogP contribution in [0.4, 0.5) is 0 Å². The molecule has 194 valence electrons. The fourth-order valence-corrected chi connectivity index (χ4v) is 5.45. The van der Waals surface area contributed by atoms with E-state index in [0.29, 0.717) is 55.0 Å². The van der Waals surface area contributed by atoms with Crippen molar-refractivity contribution in [1.82, 2.24) is 4.57 Å². The molecule has 0 fully saturated rings. The molecule has 0 bridgehead atoms. The smallest absolute Gasteiger partial charge is 0.338 e. The summed E-state index contributed by atoms with van der Waals surface area (Å²) in [5, 5.41) is 0.445. The molecule has 10 heteroatoms. The first kappa shape index (κ1) is 26.5. The minimum atomic E-state index is -0.844. The lowest BCUT2D eigenvalue weighted by Gasteiger charge is -2.26. The second-order valence-electron chi connectivity index (χ2n) is 8.19. The Kier molecular flexibility index (Phi) is 8.04. The Bertz CT molecular complexity index is 1560. The van der Waals surface area contributed by atoms with E-state index >= 15 is 0 Å². The van der Waals surface area contributed by atoms with Crippen molar-refractivity contribution in [3.63, 3.8) is 0 Å². The van der Waals surface area contributed by atoms with Gasteiger partial charge in [0.25, 0.3) is 5.56 Å². The topological polar surface area (TPSA) is 88.4 Å². The van der Waals surface area contributed by atoms with Crippen LogP contribution in [0.15, 0.2) is 57.5 Å². The second kappa shape index (κ2) is 11.2. The minimum Gasteiger partial charge on any atom is -0.493 e. The number of carbonyl (C=O) groups excluding carboxylic acids is 1. The number of para-hydroxylation sites is 1. The molecule has 0 amide bonds. The first-order chi connectivity index (χ1) is 17.8. The molecule has 1 aliphatic rings. The molecule has 0 N–H and O–H groups in total. The molecular weight excluding hydrogens is 516 g/mol. The van der Waals surface area contributed by atoms with Gasteiger partial charge in [0, 0.05) is 16.1 Å². The summed E-state index contributed by atoms with van der Waals surface area (Å²) < 4.78 is 23.9. The van der Waals surface area contributed by atoms with Crippen LogP contribution >= 0.6 is 22.9 Å². The van der Waals surface area contributed by atoms with Crippen LogP contribution in [0.3, 0.4) is 0 Å². The Morgan fingerprint density at radius 1 is 1.16 bits per heavy atom. The van der Waals surface area contributed by atoms with E-state index in [9.17, 15) is 9.59 Å². The highest BCUT2D eigenvalue weighted by Gasteiger charge is 2.35. The summed E-state index contributed by atoms with van der Waals surface area (Å²) in [6.45, 7) is 4.18. The molecule has 4 rings (SSSR count). The molecule has 2 aromatic carbocycles. The molecular formula is C27H27ClN2O6S. The largest absolute Gasteiger partial charge is 0.493 e. The van der Waals surface area contributed by atoms with E-state index in [0.717, 1.165) is 6.42 Å². The van der Waals surface area contributed by atoms with Crippen LogP contribution in [0.25, 0.3) is 6.08 Å². The summed E-state index contributed by atoms with van der Waals surface area (Å²) in [4.78, 5) is 31.9. The number of nitrogens with zero attached hydrogens (tertiary/aromatic N) is 2. The lowest BCUT2D eigenvalue weighted by atomic mass is 9.95. The van der Waals surface area contributed by atoms with Crippen molar-refractivity contribution in [3.05, 3.63) is 83.5 Å². The van der Waals surface area contributed by atoms with Gasteiger partial charge in [0.2, 0.25) is 0 Å². The molecule has 37 heavy (non-hydrogen) atoms. The monoisotopic (exact) mass is 542 g/mol. The molecule has 0 unspecified atom stereocenters. The van der Waals surface area contributed by atoms with Gasteiger partial charge in [0.05, 0.1) is 43.7 Å². The van der Waals surface area contributed by atoms with E-state index in [4.69, 9.17) is 30.5 Å². The van der Waals surface area contributed by atoms with Gasteiger partial charge in [-0.2, -0.15) is 0 Å². The summed E-state index contributed by atoms with van der Waals surface area (Å²) in [6, 6.07) is 9.74. The summed E-state index contributed by atoms with van der Waals surface area (Å²) in [5.74, 6) is 0.985. The van der Waals surface area contributed by atoms with Crippen molar-refractivity contribution in [2.75, 3.05) is 27.9 Å². The Hall–Kier alpha value is -3.56. The number of thiazole rings is 1. The normalized spacial score (nSPS) is 15.2. The molecule has 0 radical (unpaired) electrons. The molecule has 1 aliphatic heterocycles. The number of allylic oxidation sites excluding steroid dienone is 1. The number of hydrogen-bond acceptors (Lipinski definition) is 8. The molecule has 8 nitrogen and oxygen atoms in total. The van der Waals surface area contributed by atoms with Crippen LogP contribution in [0, 0.1) is 0 Å². The predicted molar refractivity (Wildman–Crippen MR) is 143 cm³/mol. The summed E-state index contributed by atoms with van der Waals surface area (Å²) >= 11 is 7.59. The highest BCUT2D eigenvalue weighted by atomic mass is 35.5. The predicted octanol–water partition coefficient (Wildman–Crippen LogP) is 3.87. The number of aromatic nitrogens is 1. The number of methoxy groups -OCH3 is 3. The van der Waals surface area contributed by atoms with Crippen LogP contribution in [0.5, 0.6) is 17.2 Å². The van der Waals surface area contributed by atoms with Gasteiger partial charge >= 0.3 is 5.97 Å². The fourth-order valence-electron chi connectivity index (χ4n) is 4.23. The van der Waals surface area contributed by atoms with E-state index in [1.807, 2.05) is 19.1 Å². The number of ether oxygens (including phenoxy) is 4. The Morgan fingerprint density at radius 2 is 1.95 bits per heavy atom. The van der Waals surface area contributed by atoms with Gasteiger partial charge in [-0.25, -0.2) is 9.79 Å². The number of benzene rings is 2. The SMILES string of the molecule is CCCOc1ccc(Cl)cc1[C@H]1C(C(=O)OC)=C(C)N=c2s/c(=C\c3cccc(OC)c3OC)c(=O)n21. The van der Waals surface area contributed by atoms with Crippen molar-refractivity contribution in [2.24, 2.45) is 4.99 Å². The third-order valence-electron chi connectivity index (χ3n) is 5.88. The van der Waals surface area contributed by atoms with Gasteiger partial charge in [0.15, 0.2) is 16.3 Å².